The summed E-state index contributed by atoms with van der Waals surface area (Å²) < 4.78 is 1.20. The Morgan fingerprint density at radius 2 is 1.83 bits per heavy atom. The van der Waals surface area contributed by atoms with Crippen molar-refractivity contribution in [3.63, 3.8) is 0 Å². The van der Waals surface area contributed by atoms with Crippen LogP contribution in [0.4, 0.5) is 0 Å². The maximum atomic E-state index is 3.64. The van der Waals surface area contributed by atoms with Crippen LogP contribution in [0.25, 0.3) is 0 Å². The van der Waals surface area contributed by atoms with Gasteiger partial charge in [0, 0.05) is 9.80 Å². The Morgan fingerprint density at radius 1 is 1.06 bits per heavy atom. The van der Waals surface area contributed by atoms with E-state index in [1.54, 1.807) is 0 Å². The predicted octanol–water partition coefficient (Wildman–Crippen LogP) is 5.48. The number of hydrogen-bond donors (Lipinski definition) is 0. The summed E-state index contributed by atoms with van der Waals surface area (Å²) in [6, 6.07) is 17.2. The largest absolute Gasteiger partial charge is 0.0921 e. The standard InChI is InChI=1S/C16H16Br2/c1-12-5-4-6-13(9-12)10-14(11-17)15-7-2-3-8-16(15)18/h2-9,14H,10-11H2,1H3. The van der Waals surface area contributed by atoms with Crippen molar-refractivity contribution in [3.8, 4) is 0 Å². The van der Waals surface area contributed by atoms with E-state index in [4.69, 9.17) is 0 Å². The SMILES string of the molecule is Cc1cccc(CC(CBr)c2ccccc2Br)c1. The van der Waals surface area contributed by atoms with Gasteiger partial charge in [-0.2, -0.15) is 0 Å². The van der Waals surface area contributed by atoms with E-state index in [0.717, 1.165) is 11.8 Å². The molecule has 2 heteroatoms. The number of halogens is 2. The molecule has 2 rings (SSSR count). The van der Waals surface area contributed by atoms with Crippen molar-refractivity contribution in [2.45, 2.75) is 19.3 Å². The molecule has 1 unspecified atom stereocenters. The van der Waals surface area contributed by atoms with Crippen LogP contribution in [0.2, 0.25) is 0 Å². The third kappa shape index (κ3) is 3.46. The topological polar surface area (TPSA) is 0 Å². The van der Waals surface area contributed by atoms with Gasteiger partial charge in [0.2, 0.25) is 0 Å². The van der Waals surface area contributed by atoms with Crippen molar-refractivity contribution >= 4 is 31.9 Å². The number of alkyl halides is 1. The molecule has 0 fully saturated rings. The van der Waals surface area contributed by atoms with E-state index in [1.165, 1.54) is 21.2 Å². The third-order valence-electron chi connectivity index (χ3n) is 3.10. The van der Waals surface area contributed by atoms with Gasteiger partial charge in [0.25, 0.3) is 0 Å². The molecular weight excluding hydrogens is 352 g/mol. The summed E-state index contributed by atoms with van der Waals surface area (Å²) in [7, 11) is 0. The summed E-state index contributed by atoms with van der Waals surface area (Å²) in [6.45, 7) is 2.14. The first-order valence-corrected chi connectivity index (χ1v) is 7.98. The fourth-order valence-corrected chi connectivity index (χ4v) is 3.36. The molecule has 0 aromatic heterocycles. The first-order chi connectivity index (χ1) is 8.70. The zero-order valence-electron chi connectivity index (χ0n) is 10.4. The number of rotatable bonds is 4. The molecule has 0 heterocycles. The number of hydrogen-bond acceptors (Lipinski definition) is 0. The van der Waals surface area contributed by atoms with E-state index >= 15 is 0 Å². The van der Waals surface area contributed by atoms with Gasteiger partial charge in [-0.25, -0.2) is 0 Å². The molecule has 1 atom stereocenters. The van der Waals surface area contributed by atoms with Crippen LogP contribution in [0.1, 0.15) is 22.6 Å². The van der Waals surface area contributed by atoms with Gasteiger partial charge in [0.05, 0.1) is 0 Å². The lowest BCUT2D eigenvalue weighted by atomic mass is 9.93. The zero-order valence-corrected chi connectivity index (χ0v) is 13.5. The molecule has 0 N–H and O–H groups in total. The molecule has 18 heavy (non-hydrogen) atoms. The number of benzene rings is 2. The summed E-state index contributed by atoms with van der Waals surface area (Å²) in [6.07, 6.45) is 1.07. The molecule has 0 aliphatic carbocycles. The van der Waals surface area contributed by atoms with Crippen LogP contribution in [-0.4, -0.2) is 5.33 Å². The third-order valence-corrected chi connectivity index (χ3v) is 4.60. The summed E-state index contributed by atoms with van der Waals surface area (Å²) in [5, 5.41) is 0.976. The molecule has 0 radical (unpaired) electrons. The van der Waals surface area contributed by atoms with Gasteiger partial charge >= 0.3 is 0 Å². The highest BCUT2D eigenvalue weighted by Crippen LogP contribution is 2.29. The van der Waals surface area contributed by atoms with Crippen molar-refractivity contribution in [2.75, 3.05) is 5.33 Å². The highest BCUT2D eigenvalue weighted by molar-refractivity contribution is 9.10. The smallest absolute Gasteiger partial charge is 0.0210 e. The molecule has 2 aromatic rings. The highest BCUT2D eigenvalue weighted by atomic mass is 79.9. The first-order valence-electron chi connectivity index (χ1n) is 6.06. The minimum Gasteiger partial charge on any atom is -0.0921 e. The Bertz CT molecular complexity index is 520. The van der Waals surface area contributed by atoms with Gasteiger partial charge in [-0.05, 0) is 36.5 Å². The monoisotopic (exact) mass is 366 g/mol. The second-order valence-electron chi connectivity index (χ2n) is 4.57. The zero-order chi connectivity index (χ0) is 13.0. The van der Waals surface area contributed by atoms with Crippen molar-refractivity contribution in [3.05, 3.63) is 69.7 Å². The van der Waals surface area contributed by atoms with Gasteiger partial charge in [-0.3, -0.25) is 0 Å². The quantitative estimate of drug-likeness (QED) is 0.627. The predicted molar refractivity (Wildman–Crippen MR) is 85.6 cm³/mol. The van der Waals surface area contributed by atoms with Crippen LogP contribution in [0, 0.1) is 6.92 Å². The molecule has 0 saturated heterocycles. The molecule has 2 aromatic carbocycles. The van der Waals surface area contributed by atoms with Gasteiger partial charge in [0.15, 0.2) is 0 Å². The van der Waals surface area contributed by atoms with Gasteiger partial charge in [-0.15, -0.1) is 0 Å². The van der Waals surface area contributed by atoms with Crippen molar-refractivity contribution in [1.82, 2.24) is 0 Å². The van der Waals surface area contributed by atoms with Crippen LogP contribution in [0.15, 0.2) is 53.0 Å². The second-order valence-corrected chi connectivity index (χ2v) is 6.07. The molecule has 0 spiro atoms. The van der Waals surface area contributed by atoms with Crippen LogP contribution >= 0.6 is 31.9 Å². The molecule has 0 saturated carbocycles. The van der Waals surface area contributed by atoms with E-state index in [1.807, 2.05) is 0 Å². The molecule has 0 amide bonds. The van der Waals surface area contributed by atoms with Gasteiger partial charge in [-0.1, -0.05) is 79.9 Å². The fraction of sp³-hybridized carbons (Fsp3) is 0.250. The summed E-state index contributed by atoms with van der Waals surface area (Å²) in [4.78, 5) is 0. The normalized spacial score (nSPS) is 12.4. The van der Waals surface area contributed by atoms with Gasteiger partial charge < -0.3 is 0 Å². The molecule has 0 nitrogen and oxygen atoms in total. The van der Waals surface area contributed by atoms with E-state index in [2.05, 4.69) is 87.3 Å². The molecule has 94 valence electrons. The Morgan fingerprint density at radius 3 is 2.50 bits per heavy atom. The van der Waals surface area contributed by atoms with Crippen LogP contribution in [-0.2, 0) is 6.42 Å². The van der Waals surface area contributed by atoms with Crippen molar-refractivity contribution in [1.29, 1.82) is 0 Å². The lowest BCUT2D eigenvalue weighted by Crippen LogP contribution is -2.05. The molecule has 0 aliphatic rings. The minimum atomic E-state index is 0.502. The maximum absolute atomic E-state index is 3.64. The average Bonchev–Trinajstić information content (AvgIpc) is 2.37. The maximum Gasteiger partial charge on any atom is 0.0210 e. The lowest BCUT2D eigenvalue weighted by molar-refractivity contribution is 0.771. The molecular formula is C16H16Br2. The van der Waals surface area contributed by atoms with E-state index < -0.39 is 0 Å². The van der Waals surface area contributed by atoms with E-state index in [9.17, 15) is 0 Å². The Hall–Kier alpha value is -0.600. The molecule has 0 bridgehead atoms. The summed E-state index contributed by atoms with van der Waals surface area (Å²) in [5.41, 5.74) is 4.10. The van der Waals surface area contributed by atoms with Crippen molar-refractivity contribution < 1.29 is 0 Å². The number of aryl methyl sites for hydroxylation is 1. The van der Waals surface area contributed by atoms with Crippen LogP contribution in [0.3, 0.4) is 0 Å². The minimum absolute atomic E-state index is 0.502. The Labute approximate surface area is 126 Å². The highest BCUT2D eigenvalue weighted by Gasteiger charge is 2.13. The Kier molecular flexibility index (Phi) is 5.02. The van der Waals surface area contributed by atoms with E-state index in [-0.39, 0.29) is 0 Å². The van der Waals surface area contributed by atoms with Crippen molar-refractivity contribution in [2.24, 2.45) is 0 Å². The van der Waals surface area contributed by atoms with Crippen LogP contribution < -0.4 is 0 Å². The van der Waals surface area contributed by atoms with Gasteiger partial charge in [0.1, 0.15) is 0 Å². The second kappa shape index (κ2) is 6.53. The average molecular weight is 368 g/mol. The summed E-state index contributed by atoms with van der Waals surface area (Å²) in [5.74, 6) is 0.502. The van der Waals surface area contributed by atoms with E-state index in [0.29, 0.717) is 5.92 Å². The van der Waals surface area contributed by atoms with Crippen LogP contribution in [0.5, 0.6) is 0 Å². The summed E-state index contributed by atoms with van der Waals surface area (Å²) >= 11 is 7.29. The Balaban J connectivity index is 2.23. The fourth-order valence-electron chi connectivity index (χ4n) is 2.18. The lowest BCUT2D eigenvalue weighted by Gasteiger charge is -2.16. The molecule has 0 aliphatic heterocycles. The first kappa shape index (κ1) is 13.8.